The van der Waals surface area contributed by atoms with Crippen molar-refractivity contribution in [3.8, 4) is 5.75 Å². The SMILES string of the molecule is CCc1c(F)c(OC)c(F)c(F)c1COC(=O)[C@@H]1[C@H](/C=C\C(=O)OC)C1(C)C. The summed E-state index contributed by atoms with van der Waals surface area (Å²) in [4.78, 5) is 23.6. The van der Waals surface area contributed by atoms with E-state index >= 15 is 0 Å². The molecule has 0 aliphatic heterocycles. The minimum Gasteiger partial charge on any atom is -0.491 e. The molecule has 0 amide bonds. The monoisotopic (exact) mass is 400 g/mol. The number of allylic oxidation sites excluding steroid dienone is 1. The van der Waals surface area contributed by atoms with Crippen LogP contribution in [0.15, 0.2) is 12.2 Å². The van der Waals surface area contributed by atoms with Crippen molar-refractivity contribution in [1.82, 2.24) is 0 Å². The van der Waals surface area contributed by atoms with E-state index in [1.165, 1.54) is 13.2 Å². The average Bonchev–Trinajstić information content (AvgIpc) is 3.22. The molecule has 1 fully saturated rings. The van der Waals surface area contributed by atoms with Gasteiger partial charge in [-0.05, 0) is 17.8 Å². The van der Waals surface area contributed by atoms with Crippen LogP contribution in [0, 0.1) is 34.7 Å². The van der Waals surface area contributed by atoms with Gasteiger partial charge in [0.1, 0.15) is 6.61 Å². The predicted molar refractivity (Wildman–Crippen MR) is 94.0 cm³/mol. The summed E-state index contributed by atoms with van der Waals surface area (Å²) in [6.45, 7) is 4.59. The molecule has 1 saturated carbocycles. The van der Waals surface area contributed by atoms with E-state index in [2.05, 4.69) is 9.47 Å². The molecule has 0 aromatic heterocycles. The second kappa shape index (κ2) is 8.24. The van der Waals surface area contributed by atoms with Crippen LogP contribution in [0.25, 0.3) is 0 Å². The van der Waals surface area contributed by atoms with Gasteiger partial charge in [-0.15, -0.1) is 0 Å². The molecule has 0 spiro atoms. The Kier molecular flexibility index (Phi) is 6.41. The maximum atomic E-state index is 14.3. The van der Waals surface area contributed by atoms with Gasteiger partial charge in [0.25, 0.3) is 0 Å². The fourth-order valence-corrected chi connectivity index (χ4v) is 3.40. The molecule has 1 aromatic rings. The zero-order valence-electron chi connectivity index (χ0n) is 16.4. The Morgan fingerprint density at radius 2 is 1.71 bits per heavy atom. The molecule has 8 heteroatoms. The third kappa shape index (κ3) is 3.86. The molecule has 1 aliphatic carbocycles. The first-order chi connectivity index (χ1) is 13.1. The Hall–Kier alpha value is -2.51. The van der Waals surface area contributed by atoms with E-state index in [4.69, 9.17) is 4.74 Å². The number of halogens is 3. The number of hydrogen-bond acceptors (Lipinski definition) is 5. The second-order valence-electron chi connectivity index (χ2n) is 7.10. The van der Waals surface area contributed by atoms with Gasteiger partial charge in [-0.1, -0.05) is 26.8 Å². The molecule has 0 heterocycles. The maximum absolute atomic E-state index is 14.3. The summed E-state index contributed by atoms with van der Waals surface area (Å²) < 4.78 is 56.9. The van der Waals surface area contributed by atoms with Crippen molar-refractivity contribution in [3.05, 3.63) is 40.7 Å². The Bertz CT molecular complexity index is 817. The highest BCUT2D eigenvalue weighted by Gasteiger charge is 2.61. The van der Waals surface area contributed by atoms with E-state index in [1.54, 1.807) is 13.0 Å². The van der Waals surface area contributed by atoms with Crippen LogP contribution in [0.1, 0.15) is 31.9 Å². The van der Waals surface area contributed by atoms with E-state index < -0.39 is 53.1 Å². The number of carbonyl (C=O) groups excluding carboxylic acids is 2. The highest BCUT2D eigenvalue weighted by atomic mass is 19.2. The highest BCUT2D eigenvalue weighted by Crippen LogP contribution is 2.59. The number of rotatable bonds is 7. The largest absolute Gasteiger partial charge is 0.491 e. The molecule has 0 radical (unpaired) electrons. The first-order valence-corrected chi connectivity index (χ1v) is 8.76. The molecule has 0 unspecified atom stereocenters. The fourth-order valence-electron chi connectivity index (χ4n) is 3.40. The normalized spacial score (nSPS) is 20.1. The lowest BCUT2D eigenvalue weighted by molar-refractivity contribution is -0.147. The van der Waals surface area contributed by atoms with Gasteiger partial charge in [0.05, 0.1) is 20.1 Å². The standard InChI is InChI=1S/C20H23F3O5/c1-6-10-11(15(21)17(23)18(27-5)16(10)22)9-28-19(25)14-12(20(14,2)3)7-8-13(24)26-4/h7-8,12,14H,6,9H2,1-5H3/b8-7-/t12-,14-/m0/s1. The van der Waals surface area contributed by atoms with Crippen molar-refractivity contribution in [2.75, 3.05) is 14.2 Å². The van der Waals surface area contributed by atoms with E-state index in [0.29, 0.717) is 0 Å². The maximum Gasteiger partial charge on any atom is 0.330 e. The molecule has 2 atom stereocenters. The van der Waals surface area contributed by atoms with Gasteiger partial charge in [-0.3, -0.25) is 4.79 Å². The van der Waals surface area contributed by atoms with Crippen LogP contribution in [-0.2, 0) is 32.1 Å². The van der Waals surface area contributed by atoms with E-state index in [9.17, 15) is 22.8 Å². The van der Waals surface area contributed by atoms with Crippen molar-refractivity contribution in [2.45, 2.75) is 33.8 Å². The number of esters is 2. The predicted octanol–water partition coefficient (Wildman–Crippen LogP) is 3.72. The van der Waals surface area contributed by atoms with Crippen LogP contribution >= 0.6 is 0 Å². The van der Waals surface area contributed by atoms with E-state index in [0.717, 1.165) is 7.11 Å². The summed E-state index contributed by atoms with van der Waals surface area (Å²) in [6.07, 6.45) is 2.84. The summed E-state index contributed by atoms with van der Waals surface area (Å²) in [5.74, 6) is -6.60. The average molecular weight is 400 g/mol. The number of hydrogen-bond donors (Lipinski definition) is 0. The molecule has 0 bridgehead atoms. The summed E-state index contributed by atoms with van der Waals surface area (Å²) in [7, 11) is 2.28. The number of methoxy groups -OCH3 is 2. The van der Waals surface area contributed by atoms with Gasteiger partial charge in [0, 0.05) is 17.2 Å². The van der Waals surface area contributed by atoms with Crippen molar-refractivity contribution in [3.63, 3.8) is 0 Å². The summed E-state index contributed by atoms with van der Waals surface area (Å²) in [6, 6.07) is 0. The third-order valence-electron chi connectivity index (χ3n) is 5.21. The second-order valence-corrected chi connectivity index (χ2v) is 7.10. The van der Waals surface area contributed by atoms with Crippen molar-refractivity contribution >= 4 is 11.9 Å². The van der Waals surface area contributed by atoms with E-state index in [1.807, 2.05) is 13.8 Å². The van der Waals surface area contributed by atoms with Crippen LogP contribution in [0.5, 0.6) is 5.75 Å². The lowest BCUT2D eigenvalue weighted by Gasteiger charge is -2.15. The molecular weight excluding hydrogens is 377 g/mol. The van der Waals surface area contributed by atoms with Gasteiger partial charge >= 0.3 is 11.9 Å². The highest BCUT2D eigenvalue weighted by molar-refractivity contribution is 5.83. The molecule has 0 N–H and O–H groups in total. The van der Waals surface area contributed by atoms with E-state index in [-0.39, 0.29) is 23.5 Å². The number of benzene rings is 1. The van der Waals surface area contributed by atoms with Crippen LogP contribution in [0.4, 0.5) is 13.2 Å². The lowest BCUT2D eigenvalue weighted by atomic mass is 10.0. The zero-order chi connectivity index (χ0) is 21.2. The zero-order valence-corrected chi connectivity index (χ0v) is 16.4. The van der Waals surface area contributed by atoms with Gasteiger partial charge < -0.3 is 14.2 Å². The van der Waals surface area contributed by atoms with Crippen molar-refractivity contribution in [1.29, 1.82) is 0 Å². The summed E-state index contributed by atoms with van der Waals surface area (Å²) >= 11 is 0. The first-order valence-electron chi connectivity index (χ1n) is 8.76. The summed E-state index contributed by atoms with van der Waals surface area (Å²) in [5.41, 5.74) is -0.933. The quantitative estimate of drug-likeness (QED) is 0.397. The summed E-state index contributed by atoms with van der Waals surface area (Å²) in [5, 5.41) is 0. The van der Waals surface area contributed by atoms with Crippen LogP contribution in [0.3, 0.4) is 0 Å². The van der Waals surface area contributed by atoms with Gasteiger partial charge in [0.15, 0.2) is 17.4 Å². The van der Waals surface area contributed by atoms with Crippen LogP contribution in [-0.4, -0.2) is 26.2 Å². The van der Waals surface area contributed by atoms with Gasteiger partial charge in [-0.25, -0.2) is 13.6 Å². The first kappa shape index (κ1) is 21.8. The Labute approximate surface area is 161 Å². The minimum atomic E-state index is -1.46. The Morgan fingerprint density at radius 1 is 1.07 bits per heavy atom. The smallest absolute Gasteiger partial charge is 0.330 e. The molecule has 0 saturated heterocycles. The van der Waals surface area contributed by atoms with Crippen molar-refractivity contribution < 1.29 is 37.0 Å². The molecule has 28 heavy (non-hydrogen) atoms. The Balaban J connectivity index is 2.18. The van der Waals surface area contributed by atoms with Crippen LogP contribution in [0.2, 0.25) is 0 Å². The lowest BCUT2D eigenvalue weighted by Crippen LogP contribution is -2.14. The third-order valence-corrected chi connectivity index (χ3v) is 5.21. The number of carbonyl (C=O) groups is 2. The molecular formula is C20H23F3O5. The van der Waals surface area contributed by atoms with Crippen molar-refractivity contribution in [2.24, 2.45) is 17.3 Å². The molecule has 2 rings (SSSR count). The molecule has 1 aromatic carbocycles. The Morgan fingerprint density at radius 3 is 2.25 bits per heavy atom. The van der Waals surface area contributed by atoms with Gasteiger partial charge in [0.2, 0.25) is 5.82 Å². The topological polar surface area (TPSA) is 61.8 Å². The molecule has 5 nitrogen and oxygen atoms in total. The fraction of sp³-hybridized carbons (Fsp3) is 0.500. The number of ether oxygens (including phenoxy) is 3. The molecule has 1 aliphatic rings. The molecule has 154 valence electrons. The minimum absolute atomic E-state index is 0.0612. The van der Waals surface area contributed by atoms with Crippen LogP contribution < -0.4 is 4.74 Å². The van der Waals surface area contributed by atoms with Gasteiger partial charge in [-0.2, -0.15) is 4.39 Å².